The van der Waals surface area contributed by atoms with E-state index in [1.807, 2.05) is 0 Å². The molecular weight excluding hydrogens is 267 g/mol. The molecule has 8 heteroatoms. The van der Waals surface area contributed by atoms with Gasteiger partial charge in [-0.05, 0) is 12.1 Å². The van der Waals surface area contributed by atoms with Gasteiger partial charge < -0.3 is 14.9 Å². The number of pyridine rings is 1. The van der Waals surface area contributed by atoms with Crippen LogP contribution in [0.4, 0.5) is 13.2 Å². The van der Waals surface area contributed by atoms with Crippen molar-refractivity contribution in [3.05, 3.63) is 29.6 Å². The Hall–Kier alpha value is -1.67. The third-order valence-electron chi connectivity index (χ3n) is 2.38. The lowest BCUT2D eigenvalue weighted by atomic mass is 10.1. The second kappa shape index (κ2) is 5.98. The van der Waals surface area contributed by atoms with Crippen LogP contribution in [-0.2, 0) is 15.7 Å². The Morgan fingerprint density at radius 2 is 2.05 bits per heavy atom. The van der Waals surface area contributed by atoms with Crippen LogP contribution in [-0.4, -0.2) is 34.4 Å². The molecule has 0 saturated carbocycles. The van der Waals surface area contributed by atoms with E-state index in [-0.39, 0.29) is 5.69 Å². The predicted octanol–water partition coefficient (Wildman–Crippen LogP) is 1.06. The van der Waals surface area contributed by atoms with Crippen molar-refractivity contribution in [1.29, 1.82) is 0 Å². The molecule has 0 amide bonds. The van der Waals surface area contributed by atoms with Crippen LogP contribution in [0.3, 0.4) is 0 Å². The molecule has 0 fully saturated rings. The number of alkyl halides is 3. The van der Waals surface area contributed by atoms with Crippen LogP contribution in [0.25, 0.3) is 0 Å². The van der Waals surface area contributed by atoms with Crippen molar-refractivity contribution < 1.29 is 32.9 Å². The molecule has 5 nitrogen and oxygen atoms in total. The van der Waals surface area contributed by atoms with Gasteiger partial charge in [-0.2, -0.15) is 13.2 Å². The number of halogens is 3. The molecule has 1 rings (SSSR count). The van der Waals surface area contributed by atoms with E-state index in [0.29, 0.717) is 6.20 Å². The topological polar surface area (TPSA) is 79.7 Å². The molecule has 0 radical (unpaired) electrons. The van der Waals surface area contributed by atoms with Gasteiger partial charge in [0.2, 0.25) is 0 Å². The fourth-order valence-corrected chi connectivity index (χ4v) is 1.31. The van der Waals surface area contributed by atoms with Crippen LogP contribution < -0.4 is 0 Å². The third-order valence-corrected chi connectivity index (χ3v) is 2.38. The van der Waals surface area contributed by atoms with E-state index >= 15 is 0 Å². The maximum Gasteiger partial charge on any atom is 0.417 e. The van der Waals surface area contributed by atoms with E-state index < -0.39 is 36.3 Å². The quantitative estimate of drug-likeness (QED) is 0.806. The molecular formula is C11H12F3NO4. The lowest BCUT2D eigenvalue weighted by Crippen LogP contribution is -2.23. The van der Waals surface area contributed by atoms with E-state index in [1.165, 1.54) is 0 Å². The molecule has 2 unspecified atom stereocenters. The van der Waals surface area contributed by atoms with Crippen molar-refractivity contribution in [3.63, 3.8) is 0 Å². The summed E-state index contributed by atoms with van der Waals surface area (Å²) in [5.74, 6) is -0.751. The molecule has 0 bridgehead atoms. The number of methoxy groups -OCH3 is 1. The zero-order valence-electron chi connectivity index (χ0n) is 9.89. The molecule has 19 heavy (non-hydrogen) atoms. The zero-order valence-corrected chi connectivity index (χ0v) is 9.89. The highest BCUT2D eigenvalue weighted by molar-refractivity contribution is 5.69. The molecule has 1 heterocycles. The van der Waals surface area contributed by atoms with Gasteiger partial charge in [0.05, 0.1) is 30.9 Å². The fourth-order valence-electron chi connectivity index (χ4n) is 1.31. The molecule has 0 aliphatic carbocycles. The number of carbonyl (C=O) groups excluding carboxylic acids is 1. The Balaban J connectivity index is 2.77. The summed E-state index contributed by atoms with van der Waals surface area (Å²) < 4.78 is 41.1. The minimum Gasteiger partial charge on any atom is -0.469 e. The van der Waals surface area contributed by atoms with Crippen molar-refractivity contribution in [2.45, 2.75) is 24.8 Å². The summed E-state index contributed by atoms with van der Waals surface area (Å²) >= 11 is 0. The van der Waals surface area contributed by atoms with Crippen molar-refractivity contribution in [2.75, 3.05) is 7.11 Å². The first-order valence-electron chi connectivity index (χ1n) is 5.21. The van der Waals surface area contributed by atoms with E-state index in [2.05, 4.69) is 9.72 Å². The fraction of sp³-hybridized carbons (Fsp3) is 0.455. The summed E-state index contributed by atoms with van der Waals surface area (Å²) in [7, 11) is 1.11. The second-order valence-electron chi connectivity index (χ2n) is 3.76. The van der Waals surface area contributed by atoms with Gasteiger partial charge in [-0.1, -0.05) is 0 Å². The summed E-state index contributed by atoms with van der Waals surface area (Å²) in [4.78, 5) is 14.3. The van der Waals surface area contributed by atoms with E-state index in [4.69, 9.17) is 0 Å². The minimum atomic E-state index is -4.53. The number of aliphatic hydroxyl groups excluding tert-OH is 2. The Bertz CT molecular complexity index is 433. The average molecular weight is 279 g/mol. The molecule has 2 N–H and O–H groups in total. The first kappa shape index (κ1) is 15.4. The first-order valence-corrected chi connectivity index (χ1v) is 5.21. The van der Waals surface area contributed by atoms with Gasteiger partial charge in [0, 0.05) is 6.20 Å². The van der Waals surface area contributed by atoms with E-state index in [0.717, 1.165) is 19.2 Å². The molecule has 2 atom stereocenters. The minimum absolute atomic E-state index is 0.163. The molecule has 0 aromatic carbocycles. The van der Waals surface area contributed by atoms with E-state index in [9.17, 15) is 28.2 Å². The molecule has 106 valence electrons. The van der Waals surface area contributed by atoms with Crippen LogP contribution in [0.5, 0.6) is 0 Å². The summed E-state index contributed by atoms with van der Waals surface area (Å²) in [6, 6.07) is 1.67. The molecule has 0 aliphatic rings. The molecule has 0 spiro atoms. The summed E-state index contributed by atoms with van der Waals surface area (Å²) in [6.45, 7) is 0. The van der Waals surface area contributed by atoms with Crippen molar-refractivity contribution in [2.24, 2.45) is 0 Å². The molecule has 0 aliphatic heterocycles. The van der Waals surface area contributed by atoms with Crippen molar-refractivity contribution >= 4 is 5.97 Å². The maximum absolute atomic E-state index is 12.3. The predicted molar refractivity (Wildman–Crippen MR) is 56.8 cm³/mol. The SMILES string of the molecule is COC(=O)CC(O)C(O)c1ccc(C(F)(F)F)cn1. The zero-order chi connectivity index (χ0) is 14.6. The standard InChI is InChI=1S/C11H12F3NO4/c1-19-9(17)4-8(16)10(18)7-3-2-6(5-15-7)11(12,13)14/h2-3,5,8,10,16,18H,4H2,1H3. The number of nitrogens with zero attached hydrogens (tertiary/aromatic N) is 1. The van der Waals surface area contributed by atoms with Gasteiger partial charge >= 0.3 is 12.1 Å². The van der Waals surface area contributed by atoms with Crippen molar-refractivity contribution in [1.82, 2.24) is 4.98 Å². The highest BCUT2D eigenvalue weighted by atomic mass is 19.4. The highest BCUT2D eigenvalue weighted by Gasteiger charge is 2.31. The van der Waals surface area contributed by atoms with Gasteiger partial charge in [-0.15, -0.1) is 0 Å². The van der Waals surface area contributed by atoms with Gasteiger partial charge in [0.15, 0.2) is 0 Å². The van der Waals surface area contributed by atoms with Crippen molar-refractivity contribution in [3.8, 4) is 0 Å². The van der Waals surface area contributed by atoms with Crippen LogP contribution in [0.15, 0.2) is 18.3 Å². The number of hydrogen-bond acceptors (Lipinski definition) is 5. The monoisotopic (exact) mass is 279 g/mol. The van der Waals surface area contributed by atoms with Gasteiger partial charge in [0.1, 0.15) is 6.10 Å². The number of aliphatic hydroxyl groups is 2. The lowest BCUT2D eigenvalue weighted by molar-refractivity contribution is -0.144. The Morgan fingerprint density at radius 3 is 2.47 bits per heavy atom. The summed E-state index contributed by atoms with van der Waals surface area (Å²) in [6.07, 6.45) is -7.54. The van der Waals surface area contributed by atoms with E-state index in [1.54, 1.807) is 0 Å². The summed E-state index contributed by atoms with van der Waals surface area (Å²) in [5, 5.41) is 19.1. The Labute approximate surface area is 106 Å². The second-order valence-corrected chi connectivity index (χ2v) is 3.76. The van der Waals surface area contributed by atoms with Gasteiger partial charge in [0.25, 0.3) is 0 Å². The Kier molecular flexibility index (Phi) is 4.84. The maximum atomic E-state index is 12.3. The normalized spacial score (nSPS) is 14.8. The lowest BCUT2D eigenvalue weighted by Gasteiger charge is -2.16. The highest BCUT2D eigenvalue weighted by Crippen LogP contribution is 2.29. The number of rotatable bonds is 4. The molecule has 1 aromatic heterocycles. The Morgan fingerprint density at radius 1 is 1.42 bits per heavy atom. The largest absolute Gasteiger partial charge is 0.469 e. The summed E-state index contributed by atoms with van der Waals surface area (Å²) in [5.41, 5.74) is -1.13. The van der Waals surface area contributed by atoms with Crippen LogP contribution >= 0.6 is 0 Å². The van der Waals surface area contributed by atoms with Crippen LogP contribution in [0.2, 0.25) is 0 Å². The molecule has 0 saturated heterocycles. The number of esters is 1. The van der Waals surface area contributed by atoms with Gasteiger partial charge in [-0.25, -0.2) is 0 Å². The number of carbonyl (C=O) groups is 1. The average Bonchev–Trinajstić information content (AvgIpc) is 2.36. The first-order chi connectivity index (χ1) is 8.75. The number of hydrogen-bond donors (Lipinski definition) is 2. The third kappa shape index (κ3) is 4.18. The smallest absolute Gasteiger partial charge is 0.417 e. The number of ether oxygens (including phenoxy) is 1. The molecule has 1 aromatic rings. The van der Waals surface area contributed by atoms with Gasteiger partial charge in [-0.3, -0.25) is 9.78 Å². The van der Waals surface area contributed by atoms with Crippen LogP contribution in [0.1, 0.15) is 23.8 Å². The van der Waals surface area contributed by atoms with Crippen LogP contribution in [0, 0.1) is 0 Å². The number of aromatic nitrogens is 1.